The van der Waals surface area contributed by atoms with Crippen molar-refractivity contribution < 1.29 is 14.3 Å². The van der Waals surface area contributed by atoms with Crippen molar-refractivity contribution >= 4 is 23.3 Å². The zero-order valence-corrected chi connectivity index (χ0v) is 16.8. The van der Waals surface area contributed by atoms with Crippen molar-refractivity contribution in [2.75, 3.05) is 13.1 Å². The highest BCUT2D eigenvalue weighted by molar-refractivity contribution is 7.13. The number of carbonyl (C=O) groups excluding carboxylic acids is 2. The minimum absolute atomic E-state index is 0.0488. The molecule has 6 nitrogen and oxygen atoms in total. The summed E-state index contributed by atoms with van der Waals surface area (Å²) in [5.41, 5.74) is 0.311. The van der Waals surface area contributed by atoms with Gasteiger partial charge in [-0.05, 0) is 40.5 Å². The van der Waals surface area contributed by atoms with Crippen LogP contribution in [0.5, 0.6) is 0 Å². The average molecular weight is 368 g/mol. The SMILES string of the molecule is Cc1nc(C(C)C)sc1C(=O)N1CCC(NC(=O)OC(C)(C)C)CC1. The van der Waals surface area contributed by atoms with E-state index in [1.54, 1.807) is 0 Å². The molecule has 0 saturated carbocycles. The zero-order valence-electron chi connectivity index (χ0n) is 16.0. The predicted molar refractivity (Wildman–Crippen MR) is 99.2 cm³/mol. The first-order valence-electron chi connectivity index (χ1n) is 8.83. The van der Waals surface area contributed by atoms with E-state index >= 15 is 0 Å². The van der Waals surface area contributed by atoms with E-state index in [1.807, 2.05) is 32.6 Å². The van der Waals surface area contributed by atoms with Crippen LogP contribution in [0.4, 0.5) is 4.79 Å². The van der Waals surface area contributed by atoms with Crippen molar-refractivity contribution in [1.29, 1.82) is 0 Å². The van der Waals surface area contributed by atoms with Crippen LogP contribution in [-0.2, 0) is 4.74 Å². The molecule has 0 bridgehead atoms. The third-order valence-corrected chi connectivity index (χ3v) is 5.45. The summed E-state index contributed by atoms with van der Waals surface area (Å²) in [4.78, 5) is 31.7. The lowest BCUT2D eigenvalue weighted by Gasteiger charge is -2.32. The molecule has 2 rings (SSSR count). The number of aromatic nitrogens is 1. The van der Waals surface area contributed by atoms with Crippen molar-refractivity contribution in [2.45, 2.75) is 71.9 Å². The topological polar surface area (TPSA) is 71.5 Å². The number of likely N-dealkylation sites (tertiary alicyclic amines) is 1. The van der Waals surface area contributed by atoms with Gasteiger partial charge in [0.2, 0.25) is 0 Å². The molecule has 1 aliphatic heterocycles. The van der Waals surface area contributed by atoms with Crippen LogP contribution >= 0.6 is 11.3 Å². The van der Waals surface area contributed by atoms with Crippen LogP contribution in [-0.4, -0.2) is 46.6 Å². The summed E-state index contributed by atoms with van der Waals surface area (Å²) in [7, 11) is 0. The lowest BCUT2D eigenvalue weighted by molar-refractivity contribution is 0.0474. The number of nitrogens with one attached hydrogen (secondary N) is 1. The van der Waals surface area contributed by atoms with E-state index in [2.05, 4.69) is 24.1 Å². The summed E-state index contributed by atoms with van der Waals surface area (Å²) in [5.74, 6) is 0.381. The molecule has 1 aliphatic rings. The van der Waals surface area contributed by atoms with Crippen LogP contribution in [0.1, 0.15) is 73.8 Å². The molecule has 2 amide bonds. The van der Waals surface area contributed by atoms with Crippen LogP contribution < -0.4 is 5.32 Å². The van der Waals surface area contributed by atoms with E-state index in [0.29, 0.717) is 19.0 Å². The summed E-state index contributed by atoms with van der Waals surface area (Å²) < 4.78 is 5.29. The Morgan fingerprint density at radius 2 is 1.88 bits per heavy atom. The molecular formula is C18H29N3O3S. The first-order chi connectivity index (χ1) is 11.6. The monoisotopic (exact) mass is 367 g/mol. The van der Waals surface area contributed by atoms with Gasteiger partial charge in [-0.2, -0.15) is 0 Å². The largest absolute Gasteiger partial charge is 0.444 e. The summed E-state index contributed by atoms with van der Waals surface area (Å²) in [5, 5.41) is 3.90. The molecule has 1 fully saturated rings. The van der Waals surface area contributed by atoms with Gasteiger partial charge in [-0.3, -0.25) is 4.79 Å². The van der Waals surface area contributed by atoms with Crippen molar-refractivity contribution in [1.82, 2.24) is 15.2 Å². The third-order valence-electron chi connectivity index (χ3n) is 4.00. The maximum absolute atomic E-state index is 12.8. The van der Waals surface area contributed by atoms with Gasteiger partial charge in [0.15, 0.2) is 0 Å². The van der Waals surface area contributed by atoms with Gasteiger partial charge in [0, 0.05) is 25.0 Å². The maximum atomic E-state index is 12.8. The van der Waals surface area contributed by atoms with Gasteiger partial charge >= 0.3 is 6.09 Å². The maximum Gasteiger partial charge on any atom is 0.407 e. The first-order valence-corrected chi connectivity index (χ1v) is 9.64. The van der Waals surface area contributed by atoms with E-state index in [1.165, 1.54) is 11.3 Å². The van der Waals surface area contributed by atoms with E-state index in [-0.39, 0.29) is 11.9 Å². The summed E-state index contributed by atoms with van der Waals surface area (Å²) >= 11 is 1.50. The highest BCUT2D eigenvalue weighted by Crippen LogP contribution is 2.26. The number of hydrogen-bond donors (Lipinski definition) is 1. The fraction of sp³-hybridized carbons (Fsp3) is 0.722. The molecule has 0 unspecified atom stereocenters. The Balaban J connectivity index is 1.89. The first kappa shape index (κ1) is 19.7. The summed E-state index contributed by atoms with van der Waals surface area (Å²) in [6.07, 6.45) is 1.08. The molecule has 1 aromatic rings. The van der Waals surface area contributed by atoms with Crippen molar-refractivity contribution in [3.63, 3.8) is 0 Å². The predicted octanol–water partition coefficient (Wildman–Crippen LogP) is 3.70. The highest BCUT2D eigenvalue weighted by atomic mass is 32.1. The third kappa shape index (κ3) is 5.42. The van der Waals surface area contributed by atoms with Crippen molar-refractivity contribution in [3.05, 3.63) is 15.6 Å². The average Bonchev–Trinajstić information content (AvgIpc) is 2.87. The number of thiazole rings is 1. The van der Waals surface area contributed by atoms with Crippen LogP contribution in [0.2, 0.25) is 0 Å². The molecule has 25 heavy (non-hydrogen) atoms. The van der Waals surface area contributed by atoms with Gasteiger partial charge in [-0.1, -0.05) is 13.8 Å². The standard InChI is InChI=1S/C18H29N3O3S/c1-11(2)15-19-12(3)14(25-15)16(22)21-9-7-13(8-10-21)20-17(23)24-18(4,5)6/h11,13H,7-10H2,1-6H3,(H,20,23). The van der Waals surface area contributed by atoms with E-state index in [0.717, 1.165) is 28.4 Å². The number of rotatable bonds is 3. The molecule has 0 aliphatic carbocycles. The zero-order chi connectivity index (χ0) is 18.8. The number of alkyl carbamates (subject to hydrolysis) is 1. The Bertz CT molecular complexity index is 626. The van der Waals surface area contributed by atoms with Crippen LogP contribution in [0.15, 0.2) is 0 Å². The van der Waals surface area contributed by atoms with Gasteiger partial charge < -0.3 is 15.0 Å². The Labute approximate surface area is 154 Å². The lowest BCUT2D eigenvalue weighted by atomic mass is 10.0. The molecule has 0 radical (unpaired) electrons. The van der Waals surface area contributed by atoms with Gasteiger partial charge in [0.1, 0.15) is 10.5 Å². The fourth-order valence-electron chi connectivity index (χ4n) is 2.71. The molecule has 140 valence electrons. The van der Waals surface area contributed by atoms with Crippen molar-refractivity contribution in [2.24, 2.45) is 0 Å². The molecule has 0 atom stereocenters. The molecule has 0 aromatic carbocycles. The van der Waals surface area contributed by atoms with E-state index in [9.17, 15) is 9.59 Å². The number of piperidine rings is 1. The number of amides is 2. The lowest BCUT2D eigenvalue weighted by Crippen LogP contribution is -2.47. The second-order valence-corrected chi connectivity index (χ2v) is 8.86. The van der Waals surface area contributed by atoms with Gasteiger partial charge in [0.05, 0.1) is 10.7 Å². The quantitative estimate of drug-likeness (QED) is 0.884. The van der Waals surface area contributed by atoms with Gasteiger partial charge in [0.25, 0.3) is 5.91 Å². The Kier molecular flexibility index (Phi) is 6.08. The number of ether oxygens (including phenoxy) is 1. The van der Waals surface area contributed by atoms with Crippen LogP contribution in [0.25, 0.3) is 0 Å². The van der Waals surface area contributed by atoms with Crippen molar-refractivity contribution in [3.8, 4) is 0 Å². The molecule has 2 heterocycles. The van der Waals surface area contributed by atoms with Crippen LogP contribution in [0.3, 0.4) is 0 Å². The number of carbonyl (C=O) groups is 2. The fourth-order valence-corrected chi connectivity index (χ4v) is 3.74. The Hall–Kier alpha value is -1.63. The smallest absolute Gasteiger partial charge is 0.407 e. The number of aryl methyl sites for hydroxylation is 1. The second kappa shape index (κ2) is 7.72. The summed E-state index contributed by atoms with van der Waals surface area (Å²) in [6, 6.07) is 0.0488. The highest BCUT2D eigenvalue weighted by Gasteiger charge is 2.28. The molecule has 1 saturated heterocycles. The second-order valence-electron chi connectivity index (χ2n) is 7.83. The molecular weight excluding hydrogens is 338 g/mol. The number of hydrogen-bond acceptors (Lipinski definition) is 5. The normalized spacial score (nSPS) is 16.2. The van der Waals surface area contributed by atoms with Gasteiger partial charge in [-0.25, -0.2) is 9.78 Å². The minimum atomic E-state index is -0.501. The Morgan fingerprint density at radius 3 is 2.36 bits per heavy atom. The molecule has 1 N–H and O–H groups in total. The van der Waals surface area contributed by atoms with Gasteiger partial charge in [-0.15, -0.1) is 11.3 Å². The Morgan fingerprint density at radius 1 is 1.28 bits per heavy atom. The molecule has 1 aromatic heterocycles. The number of nitrogens with zero attached hydrogens (tertiary/aromatic N) is 2. The van der Waals surface area contributed by atoms with E-state index in [4.69, 9.17) is 4.74 Å². The van der Waals surface area contributed by atoms with Crippen LogP contribution in [0, 0.1) is 6.92 Å². The molecule has 7 heteroatoms. The summed E-state index contributed by atoms with van der Waals surface area (Å²) in [6.45, 7) is 12.9. The minimum Gasteiger partial charge on any atom is -0.444 e. The molecule has 0 spiro atoms. The van der Waals surface area contributed by atoms with E-state index < -0.39 is 11.7 Å².